The molecule has 0 amide bonds. The molecule has 15 heavy (non-hydrogen) atoms. The third kappa shape index (κ3) is 2.19. The zero-order valence-electron chi connectivity index (χ0n) is 8.47. The van der Waals surface area contributed by atoms with E-state index < -0.39 is 0 Å². The maximum absolute atomic E-state index is 9.22. The van der Waals surface area contributed by atoms with Crippen LogP contribution in [0.5, 0.6) is 0 Å². The van der Waals surface area contributed by atoms with E-state index in [2.05, 4.69) is 9.88 Å². The van der Waals surface area contributed by atoms with Crippen molar-refractivity contribution >= 4 is 11.4 Å². The largest absolute Gasteiger partial charge is 0.397 e. The van der Waals surface area contributed by atoms with Crippen molar-refractivity contribution in [1.82, 2.24) is 4.98 Å². The highest BCUT2D eigenvalue weighted by atomic mass is 16.5. The van der Waals surface area contributed by atoms with Crippen LogP contribution in [-0.4, -0.2) is 42.5 Å². The number of hydrogen-bond donors (Lipinski definition) is 2. The van der Waals surface area contributed by atoms with Crippen LogP contribution in [0.25, 0.3) is 0 Å². The van der Waals surface area contributed by atoms with Crippen molar-refractivity contribution in [3.8, 4) is 0 Å². The Labute approximate surface area is 88.5 Å². The summed E-state index contributed by atoms with van der Waals surface area (Å²) in [6.45, 7) is 2.06. The second kappa shape index (κ2) is 4.46. The van der Waals surface area contributed by atoms with Crippen LogP contribution >= 0.6 is 0 Å². The number of nitrogens with zero attached hydrogens (tertiary/aromatic N) is 2. The maximum atomic E-state index is 9.22. The summed E-state index contributed by atoms with van der Waals surface area (Å²) in [5.74, 6) is 0. The number of hydrogen-bond acceptors (Lipinski definition) is 5. The lowest BCUT2D eigenvalue weighted by molar-refractivity contribution is 0.0727. The fourth-order valence-electron chi connectivity index (χ4n) is 1.75. The van der Waals surface area contributed by atoms with E-state index in [9.17, 15) is 5.11 Å². The number of pyridine rings is 1. The molecule has 0 saturated carbocycles. The van der Waals surface area contributed by atoms with Crippen LogP contribution in [0.15, 0.2) is 18.5 Å². The lowest BCUT2D eigenvalue weighted by Gasteiger charge is -2.36. The van der Waals surface area contributed by atoms with E-state index in [1.165, 1.54) is 0 Å². The van der Waals surface area contributed by atoms with E-state index in [1.54, 1.807) is 12.4 Å². The number of nitrogen functional groups attached to an aromatic ring is 1. The Morgan fingerprint density at radius 2 is 2.47 bits per heavy atom. The molecule has 1 saturated heterocycles. The van der Waals surface area contributed by atoms with Gasteiger partial charge in [-0.05, 0) is 6.07 Å². The first-order valence-corrected chi connectivity index (χ1v) is 4.97. The van der Waals surface area contributed by atoms with Crippen molar-refractivity contribution in [2.45, 2.75) is 6.04 Å². The predicted octanol–water partition coefficient (Wildman–Crippen LogP) is -0.139. The summed E-state index contributed by atoms with van der Waals surface area (Å²) >= 11 is 0. The number of ether oxygens (including phenoxy) is 1. The van der Waals surface area contributed by atoms with Crippen LogP contribution in [-0.2, 0) is 4.74 Å². The van der Waals surface area contributed by atoms with Gasteiger partial charge in [0, 0.05) is 12.7 Å². The third-order valence-corrected chi connectivity index (χ3v) is 2.51. The normalized spacial score (nSPS) is 21.7. The summed E-state index contributed by atoms with van der Waals surface area (Å²) in [6.07, 6.45) is 3.36. The lowest BCUT2D eigenvalue weighted by Crippen LogP contribution is -2.47. The van der Waals surface area contributed by atoms with Crippen molar-refractivity contribution in [3.05, 3.63) is 18.5 Å². The van der Waals surface area contributed by atoms with E-state index >= 15 is 0 Å². The molecule has 0 spiro atoms. The summed E-state index contributed by atoms with van der Waals surface area (Å²) in [6, 6.07) is 1.86. The molecule has 1 fully saturated rings. The quantitative estimate of drug-likeness (QED) is 0.709. The van der Waals surface area contributed by atoms with Gasteiger partial charge < -0.3 is 20.5 Å². The lowest BCUT2D eigenvalue weighted by atomic mass is 10.2. The van der Waals surface area contributed by atoms with Crippen LogP contribution in [0.3, 0.4) is 0 Å². The molecule has 5 heteroatoms. The van der Waals surface area contributed by atoms with Gasteiger partial charge in [0.1, 0.15) is 0 Å². The fraction of sp³-hybridized carbons (Fsp3) is 0.500. The number of aliphatic hydroxyl groups is 1. The van der Waals surface area contributed by atoms with Gasteiger partial charge in [-0.25, -0.2) is 0 Å². The second-order valence-corrected chi connectivity index (χ2v) is 3.58. The maximum Gasteiger partial charge on any atom is 0.0756 e. The minimum absolute atomic E-state index is 0.00218. The van der Waals surface area contributed by atoms with E-state index in [-0.39, 0.29) is 12.6 Å². The van der Waals surface area contributed by atoms with Crippen molar-refractivity contribution in [2.24, 2.45) is 0 Å². The molecule has 2 rings (SSSR count). The molecule has 1 atom stereocenters. The zero-order chi connectivity index (χ0) is 10.7. The molecule has 0 bridgehead atoms. The van der Waals surface area contributed by atoms with E-state index in [0.29, 0.717) is 18.9 Å². The Hall–Kier alpha value is -1.33. The van der Waals surface area contributed by atoms with Gasteiger partial charge in [0.05, 0.1) is 43.4 Å². The third-order valence-electron chi connectivity index (χ3n) is 2.51. The number of anilines is 2. The molecule has 82 valence electrons. The smallest absolute Gasteiger partial charge is 0.0756 e. The van der Waals surface area contributed by atoms with E-state index in [1.807, 2.05) is 6.07 Å². The van der Waals surface area contributed by atoms with Crippen LogP contribution in [0.1, 0.15) is 0 Å². The van der Waals surface area contributed by atoms with Crippen molar-refractivity contribution in [3.63, 3.8) is 0 Å². The van der Waals surface area contributed by atoms with Gasteiger partial charge in [-0.3, -0.25) is 4.98 Å². The first kappa shape index (κ1) is 10.2. The van der Waals surface area contributed by atoms with Gasteiger partial charge >= 0.3 is 0 Å². The molecule has 0 aliphatic carbocycles. The molecule has 2 heterocycles. The molecule has 1 aromatic rings. The van der Waals surface area contributed by atoms with Gasteiger partial charge in [0.25, 0.3) is 0 Å². The first-order valence-electron chi connectivity index (χ1n) is 4.97. The Balaban J connectivity index is 2.20. The molecule has 5 nitrogen and oxygen atoms in total. The first-order chi connectivity index (χ1) is 7.31. The van der Waals surface area contributed by atoms with Gasteiger partial charge in [-0.1, -0.05) is 0 Å². The Kier molecular flexibility index (Phi) is 3.03. The number of aliphatic hydroxyl groups excluding tert-OH is 1. The second-order valence-electron chi connectivity index (χ2n) is 3.58. The van der Waals surface area contributed by atoms with Gasteiger partial charge in [0.15, 0.2) is 0 Å². The summed E-state index contributed by atoms with van der Waals surface area (Å²) in [5.41, 5.74) is 7.25. The van der Waals surface area contributed by atoms with E-state index in [0.717, 1.165) is 12.2 Å². The predicted molar refractivity (Wildman–Crippen MR) is 57.7 cm³/mol. The standard InChI is InChI=1S/C10H15N3O2/c11-8-3-9(5-12-4-8)13-1-2-15-7-10(13)6-14/h3-5,10,14H,1-2,6-7,11H2. The van der Waals surface area contributed by atoms with Crippen molar-refractivity contribution in [2.75, 3.05) is 37.0 Å². The van der Waals surface area contributed by atoms with Crippen LogP contribution in [0, 0.1) is 0 Å². The fourth-order valence-corrected chi connectivity index (χ4v) is 1.75. The summed E-state index contributed by atoms with van der Waals surface area (Å²) < 4.78 is 5.30. The molecule has 3 N–H and O–H groups in total. The molecular formula is C10H15N3O2. The number of aromatic nitrogens is 1. The van der Waals surface area contributed by atoms with Crippen LogP contribution < -0.4 is 10.6 Å². The Morgan fingerprint density at radius 1 is 1.60 bits per heavy atom. The Bertz CT molecular complexity index is 332. The average molecular weight is 209 g/mol. The summed E-state index contributed by atoms with van der Waals surface area (Å²) in [5, 5.41) is 9.22. The van der Waals surface area contributed by atoms with Gasteiger partial charge in [-0.2, -0.15) is 0 Å². The molecule has 1 aliphatic heterocycles. The molecule has 1 aliphatic rings. The SMILES string of the molecule is Nc1cncc(N2CCOCC2CO)c1. The Morgan fingerprint density at radius 3 is 3.20 bits per heavy atom. The van der Waals surface area contributed by atoms with Crippen LogP contribution in [0.2, 0.25) is 0 Å². The highest BCUT2D eigenvalue weighted by Crippen LogP contribution is 2.20. The molecule has 0 radical (unpaired) electrons. The topological polar surface area (TPSA) is 71.6 Å². The summed E-state index contributed by atoms with van der Waals surface area (Å²) in [4.78, 5) is 6.12. The van der Waals surface area contributed by atoms with Gasteiger partial charge in [0.2, 0.25) is 0 Å². The monoisotopic (exact) mass is 209 g/mol. The molecule has 1 aromatic heterocycles. The van der Waals surface area contributed by atoms with E-state index in [4.69, 9.17) is 10.5 Å². The molecular weight excluding hydrogens is 194 g/mol. The number of rotatable bonds is 2. The molecule has 1 unspecified atom stereocenters. The minimum Gasteiger partial charge on any atom is -0.397 e. The van der Waals surface area contributed by atoms with Gasteiger partial charge in [-0.15, -0.1) is 0 Å². The average Bonchev–Trinajstić information content (AvgIpc) is 2.29. The number of morpholine rings is 1. The highest BCUT2D eigenvalue weighted by Gasteiger charge is 2.22. The van der Waals surface area contributed by atoms with Crippen LogP contribution in [0.4, 0.5) is 11.4 Å². The number of nitrogens with two attached hydrogens (primary N) is 1. The zero-order valence-corrected chi connectivity index (χ0v) is 8.47. The summed E-state index contributed by atoms with van der Waals surface area (Å²) in [7, 11) is 0. The molecule has 0 aromatic carbocycles. The highest BCUT2D eigenvalue weighted by molar-refractivity contribution is 5.54. The minimum atomic E-state index is 0.00218. The van der Waals surface area contributed by atoms with Crippen molar-refractivity contribution in [1.29, 1.82) is 0 Å². The van der Waals surface area contributed by atoms with Crippen molar-refractivity contribution < 1.29 is 9.84 Å².